The molecule has 222 valence electrons. The summed E-state index contributed by atoms with van der Waals surface area (Å²) in [4.78, 5) is 9.36. The number of pyridine rings is 1. The van der Waals surface area contributed by atoms with Crippen molar-refractivity contribution in [1.29, 1.82) is 0 Å². The zero-order valence-corrected chi connectivity index (χ0v) is 26.4. The molecule has 7 heteroatoms. The fourth-order valence-electron chi connectivity index (χ4n) is 5.71. The van der Waals surface area contributed by atoms with Crippen molar-refractivity contribution in [3.63, 3.8) is 0 Å². The molecule has 3 aliphatic heterocycles. The van der Waals surface area contributed by atoms with Crippen LogP contribution in [0.4, 0.5) is 34.1 Å². The van der Waals surface area contributed by atoms with Gasteiger partial charge >= 0.3 is 0 Å². The first-order chi connectivity index (χ1) is 21.8. The van der Waals surface area contributed by atoms with E-state index in [2.05, 4.69) is 52.3 Å². The number of hydrogen-bond donors (Lipinski definition) is 0. The molecule has 8 rings (SSSR count). The van der Waals surface area contributed by atoms with E-state index >= 15 is 0 Å². The summed E-state index contributed by atoms with van der Waals surface area (Å²) >= 11 is 0. The Bertz CT molecular complexity index is 1970. The molecule has 0 fully saturated rings. The van der Waals surface area contributed by atoms with Gasteiger partial charge in [-0.2, -0.15) is 0 Å². The Morgan fingerprint density at radius 2 is 1.13 bits per heavy atom. The number of benzene rings is 4. The molecule has 1 atom stereocenters. The molecule has 0 saturated heterocycles. The van der Waals surface area contributed by atoms with Crippen LogP contribution in [0.3, 0.4) is 0 Å². The van der Waals surface area contributed by atoms with E-state index in [0.29, 0.717) is 0 Å². The predicted molar refractivity (Wildman–Crippen MR) is 180 cm³/mol. The second-order valence-electron chi connectivity index (χ2n) is 10.6. The Morgan fingerprint density at radius 3 is 1.76 bits per heavy atom. The van der Waals surface area contributed by atoms with Crippen LogP contribution in [0, 0.1) is 0 Å². The van der Waals surface area contributed by atoms with Crippen molar-refractivity contribution >= 4 is 40.2 Å². The van der Waals surface area contributed by atoms with Crippen LogP contribution in [0.25, 0.3) is 22.0 Å². The van der Waals surface area contributed by atoms with Gasteiger partial charge in [0.25, 0.3) is 0 Å². The number of rotatable bonds is 5. The van der Waals surface area contributed by atoms with Crippen LogP contribution in [0.5, 0.6) is 0 Å². The number of anilines is 4. The van der Waals surface area contributed by atoms with Gasteiger partial charge in [-0.25, -0.2) is 0 Å². The van der Waals surface area contributed by atoms with E-state index in [1.54, 1.807) is 0 Å². The first kappa shape index (κ1) is 28.4. The van der Waals surface area contributed by atoms with E-state index in [9.17, 15) is 0 Å². The first-order valence-corrected chi connectivity index (χ1v) is 14.6. The fourth-order valence-corrected chi connectivity index (χ4v) is 5.71. The first-order valence-electron chi connectivity index (χ1n) is 14.6. The Morgan fingerprint density at radius 1 is 0.578 bits per heavy atom. The van der Waals surface area contributed by atoms with Crippen molar-refractivity contribution in [2.45, 2.75) is 6.04 Å². The SMILES string of the molecule is C1=CC(c2cccc(/C=C3\[N-]c4ccccc4N3c3ccccc3)n2)[N-]C(/C=C2\[N-]c3ccccc3N2c2ccccc2)=C1.[Pt]. The molecular formula is C38H27N6Pt-3. The van der Waals surface area contributed by atoms with Crippen molar-refractivity contribution < 1.29 is 21.1 Å². The summed E-state index contributed by atoms with van der Waals surface area (Å²) in [6.07, 6.45) is 10.2. The van der Waals surface area contributed by atoms with Gasteiger partial charge in [-0.15, -0.1) is 5.70 Å². The number of allylic oxidation sites excluding steroid dienone is 3. The van der Waals surface area contributed by atoms with Crippen molar-refractivity contribution in [3.05, 3.63) is 196 Å². The average molecular weight is 763 g/mol. The van der Waals surface area contributed by atoms with Gasteiger partial charge in [0, 0.05) is 26.8 Å². The monoisotopic (exact) mass is 762 g/mol. The molecule has 0 aliphatic carbocycles. The number of para-hydroxylation sites is 6. The van der Waals surface area contributed by atoms with Crippen LogP contribution >= 0.6 is 0 Å². The number of nitrogens with zero attached hydrogens (tertiary/aromatic N) is 6. The van der Waals surface area contributed by atoms with E-state index in [0.717, 1.165) is 62.9 Å². The molecule has 0 spiro atoms. The molecule has 4 heterocycles. The Balaban J connectivity index is 0.00000325. The van der Waals surface area contributed by atoms with Crippen LogP contribution in [0.1, 0.15) is 17.4 Å². The third-order valence-corrected chi connectivity index (χ3v) is 7.70. The van der Waals surface area contributed by atoms with Gasteiger partial charge in [0.1, 0.15) is 0 Å². The molecule has 0 N–H and O–H groups in total. The molecule has 6 nitrogen and oxygen atoms in total. The molecule has 1 aromatic heterocycles. The maximum Gasteiger partial charge on any atom is 0.0631 e. The summed E-state index contributed by atoms with van der Waals surface area (Å²) in [5, 5.41) is 15.0. The molecule has 3 aliphatic rings. The van der Waals surface area contributed by atoms with E-state index < -0.39 is 0 Å². The summed E-state index contributed by atoms with van der Waals surface area (Å²) in [5.74, 6) is 1.66. The van der Waals surface area contributed by atoms with Gasteiger partial charge in [0.05, 0.1) is 5.69 Å². The molecule has 0 radical (unpaired) electrons. The second-order valence-corrected chi connectivity index (χ2v) is 10.6. The van der Waals surface area contributed by atoms with E-state index in [1.165, 1.54) is 0 Å². The van der Waals surface area contributed by atoms with Crippen molar-refractivity contribution in [3.8, 4) is 0 Å². The summed E-state index contributed by atoms with van der Waals surface area (Å²) in [5.41, 5.74) is 8.64. The van der Waals surface area contributed by atoms with Crippen LogP contribution in [-0.2, 0) is 21.1 Å². The van der Waals surface area contributed by atoms with Crippen LogP contribution in [0.15, 0.2) is 169 Å². The van der Waals surface area contributed by atoms with E-state index in [4.69, 9.17) is 20.9 Å². The molecule has 0 bridgehead atoms. The maximum atomic E-state index is 5.07. The normalized spacial score (nSPS) is 18.0. The van der Waals surface area contributed by atoms with Gasteiger partial charge in [0.2, 0.25) is 0 Å². The number of fused-ring (bicyclic) bond motifs is 2. The minimum Gasteiger partial charge on any atom is -0.674 e. The number of hydrogen-bond acceptors (Lipinski definition) is 3. The molecule has 1 unspecified atom stereocenters. The zero-order valence-electron chi connectivity index (χ0n) is 24.1. The summed E-state index contributed by atoms with van der Waals surface area (Å²) in [6.45, 7) is 0. The van der Waals surface area contributed by atoms with Gasteiger partial charge in [0.15, 0.2) is 0 Å². The Kier molecular flexibility index (Phi) is 7.81. The standard InChI is InChI=1S/C38H27N6.Pt/c1-3-15-29(16-4-1)43-35-23-9-7-19-33(35)41-37(43)25-27-13-11-21-31(39-27)32-22-12-14-28(40-32)26-38-42-34-20-8-10-24-36(34)44(38)30-17-5-2-6-18-30;/h1-26,31H;/q-3;/b37-25+,38-26+;. The fraction of sp³-hybridized carbons (Fsp3) is 0.0263. The Hall–Kier alpha value is -5.32. The average Bonchev–Trinajstić information content (AvgIpc) is 3.63. The van der Waals surface area contributed by atoms with Gasteiger partial charge < -0.3 is 25.8 Å². The maximum absolute atomic E-state index is 5.07. The third-order valence-electron chi connectivity index (χ3n) is 7.70. The van der Waals surface area contributed by atoms with Crippen LogP contribution in [0.2, 0.25) is 0 Å². The van der Waals surface area contributed by atoms with E-state index in [1.807, 2.05) is 115 Å². The molecule has 4 aromatic carbocycles. The van der Waals surface area contributed by atoms with Crippen LogP contribution < -0.4 is 9.80 Å². The van der Waals surface area contributed by atoms with Crippen molar-refractivity contribution in [1.82, 2.24) is 4.98 Å². The van der Waals surface area contributed by atoms with Crippen molar-refractivity contribution in [2.24, 2.45) is 0 Å². The summed E-state index contributed by atoms with van der Waals surface area (Å²) in [7, 11) is 0. The van der Waals surface area contributed by atoms with Crippen LogP contribution in [-0.4, -0.2) is 4.98 Å². The number of aromatic nitrogens is 1. The quantitative estimate of drug-likeness (QED) is 0.179. The molecule has 0 saturated carbocycles. The van der Waals surface area contributed by atoms with Gasteiger partial charge in [-0.1, -0.05) is 157 Å². The zero-order chi connectivity index (χ0) is 29.3. The van der Waals surface area contributed by atoms with Gasteiger partial charge in [-0.3, -0.25) is 4.98 Å². The minimum atomic E-state index is -0.220. The largest absolute Gasteiger partial charge is 0.674 e. The third kappa shape index (κ3) is 5.57. The predicted octanol–water partition coefficient (Wildman–Crippen LogP) is 10.8. The smallest absolute Gasteiger partial charge is 0.0631 e. The summed E-state index contributed by atoms with van der Waals surface area (Å²) < 4.78 is 0. The summed E-state index contributed by atoms with van der Waals surface area (Å²) in [6, 6.07) is 42.8. The molecule has 45 heavy (non-hydrogen) atoms. The topological polar surface area (TPSA) is 61.7 Å². The molecular weight excluding hydrogens is 736 g/mol. The van der Waals surface area contributed by atoms with Crippen molar-refractivity contribution in [2.75, 3.05) is 9.80 Å². The van der Waals surface area contributed by atoms with E-state index in [-0.39, 0.29) is 27.1 Å². The Labute approximate surface area is 277 Å². The molecule has 5 aromatic rings. The molecule has 0 amide bonds. The minimum absolute atomic E-state index is 0. The second kappa shape index (κ2) is 12.4. The van der Waals surface area contributed by atoms with Gasteiger partial charge in [-0.05, 0) is 52.3 Å².